The summed E-state index contributed by atoms with van der Waals surface area (Å²) in [6.07, 6.45) is 1.52. The Morgan fingerprint density at radius 1 is 1.17 bits per heavy atom. The third-order valence-electron chi connectivity index (χ3n) is 4.36. The molecular formula is C21H15ClFN3O3. The second kappa shape index (κ2) is 7.52. The normalized spacial score (nSPS) is 14.8. The predicted octanol–water partition coefficient (Wildman–Crippen LogP) is 4.33. The molecule has 0 spiro atoms. The highest BCUT2D eigenvalue weighted by Crippen LogP contribution is 2.29. The number of halogens is 2. The van der Waals surface area contributed by atoms with Gasteiger partial charge >= 0.3 is 5.97 Å². The van der Waals surface area contributed by atoms with Crippen LogP contribution in [0.1, 0.15) is 16.8 Å². The molecule has 0 fully saturated rings. The number of benzene rings is 2. The minimum Gasteiger partial charge on any atom is -0.496 e. The van der Waals surface area contributed by atoms with E-state index in [2.05, 4.69) is 10.1 Å². The van der Waals surface area contributed by atoms with E-state index < -0.39 is 5.97 Å². The summed E-state index contributed by atoms with van der Waals surface area (Å²) in [6, 6.07) is 12.9. The molecule has 146 valence electrons. The molecule has 0 aliphatic carbocycles. The molecule has 1 aliphatic heterocycles. The Kier molecular flexibility index (Phi) is 4.90. The van der Waals surface area contributed by atoms with Crippen molar-refractivity contribution in [1.82, 2.24) is 9.78 Å². The average molecular weight is 412 g/mol. The first-order valence-electron chi connectivity index (χ1n) is 8.65. The number of esters is 1. The van der Waals surface area contributed by atoms with Crippen molar-refractivity contribution in [1.29, 1.82) is 0 Å². The van der Waals surface area contributed by atoms with Crippen LogP contribution in [-0.2, 0) is 9.53 Å². The van der Waals surface area contributed by atoms with E-state index >= 15 is 0 Å². The number of methoxy groups -OCH3 is 1. The molecule has 29 heavy (non-hydrogen) atoms. The smallest absolute Gasteiger partial charge is 0.363 e. The van der Waals surface area contributed by atoms with Crippen LogP contribution < -0.4 is 4.74 Å². The molecule has 0 radical (unpaired) electrons. The lowest BCUT2D eigenvalue weighted by Gasteiger charge is -2.05. The van der Waals surface area contributed by atoms with Crippen molar-refractivity contribution in [3.63, 3.8) is 0 Å². The summed E-state index contributed by atoms with van der Waals surface area (Å²) in [5.41, 5.74) is 2.36. The van der Waals surface area contributed by atoms with E-state index in [1.807, 2.05) is 6.07 Å². The summed E-state index contributed by atoms with van der Waals surface area (Å²) in [4.78, 5) is 16.6. The van der Waals surface area contributed by atoms with Gasteiger partial charge in [0.2, 0.25) is 5.90 Å². The number of aromatic nitrogens is 2. The molecule has 2 heterocycles. The van der Waals surface area contributed by atoms with Gasteiger partial charge in [-0.05, 0) is 49.4 Å². The van der Waals surface area contributed by atoms with Crippen LogP contribution in [0.5, 0.6) is 5.75 Å². The Bertz CT molecular complexity index is 1170. The van der Waals surface area contributed by atoms with Crippen molar-refractivity contribution in [3.8, 4) is 11.4 Å². The van der Waals surface area contributed by atoms with Gasteiger partial charge in [-0.1, -0.05) is 23.7 Å². The van der Waals surface area contributed by atoms with Crippen LogP contribution in [0.2, 0.25) is 5.15 Å². The highest BCUT2D eigenvalue weighted by Gasteiger charge is 2.27. The fourth-order valence-electron chi connectivity index (χ4n) is 2.91. The molecule has 2 aromatic carbocycles. The molecular weight excluding hydrogens is 397 g/mol. The highest BCUT2D eigenvalue weighted by molar-refractivity contribution is 6.31. The summed E-state index contributed by atoms with van der Waals surface area (Å²) in [7, 11) is 1.53. The van der Waals surface area contributed by atoms with E-state index in [0.717, 1.165) is 0 Å². The Morgan fingerprint density at radius 3 is 2.62 bits per heavy atom. The van der Waals surface area contributed by atoms with Crippen molar-refractivity contribution in [2.75, 3.05) is 7.11 Å². The van der Waals surface area contributed by atoms with Crippen molar-refractivity contribution in [3.05, 3.63) is 82.0 Å². The van der Waals surface area contributed by atoms with E-state index in [1.54, 1.807) is 37.3 Å². The highest BCUT2D eigenvalue weighted by atomic mass is 35.5. The maximum Gasteiger partial charge on any atom is 0.363 e. The van der Waals surface area contributed by atoms with Gasteiger partial charge in [-0.15, -0.1) is 0 Å². The summed E-state index contributed by atoms with van der Waals surface area (Å²) in [5.74, 6) is -0.268. The first kappa shape index (κ1) is 18.9. The fraction of sp³-hybridized carbons (Fsp3) is 0.0952. The maximum absolute atomic E-state index is 13.2. The van der Waals surface area contributed by atoms with Crippen LogP contribution in [0.4, 0.5) is 4.39 Å². The number of para-hydroxylation sites is 1. The van der Waals surface area contributed by atoms with Gasteiger partial charge in [-0.3, -0.25) is 0 Å². The molecule has 6 nitrogen and oxygen atoms in total. The fourth-order valence-corrected chi connectivity index (χ4v) is 3.24. The lowest BCUT2D eigenvalue weighted by atomic mass is 10.2. The van der Waals surface area contributed by atoms with Gasteiger partial charge in [0.05, 0.1) is 24.1 Å². The number of nitrogens with zero attached hydrogens (tertiary/aromatic N) is 3. The first-order valence-corrected chi connectivity index (χ1v) is 9.02. The molecule has 1 aromatic heterocycles. The molecule has 0 N–H and O–H groups in total. The van der Waals surface area contributed by atoms with E-state index in [9.17, 15) is 9.18 Å². The van der Waals surface area contributed by atoms with Crippen LogP contribution in [0, 0.1) is 12.7 Å². The molecule has 0 saturated heterocycles. The SMILES string of the molecule is COc1ccccc1C1=N/C(=C/c2c(C)nn(-c3ccc(F)cc3)c2Cl)C(=O)O1. The van der Waals surface area contributed by atoms with Crippen molar-refractivity contribution in [2.45, 2.75) is 6.92 Å². The minimum absolute atomic E-state index is 0.0922. The summed E-state index contributed by atoms with van der Waals surface area (Å²) < 4.78 is 25.3. The van der Waals surface area contributed by atoms with Gasteiger partial charge < -0.3 is 9.47 Å². The van der Waals surface area contributed by atoms with Gasteiger partial charge in [0.25, 0.3) is 0 Å². The number of hydrogen-bond acceptors (Lipinski definition) is 5. The number of hydrogen-bond donors (Lipinski definition) is 0. The largest absolute Gasteiger partial charge is 0.496 e. The lowest BCUT2D eigenvalue weighted by Crippen LogP contribution is -2.06. The average Bonchev–Trinajstić information content (AvgIpc) is 3.23. The number of carbonyl (C=O) groups excluding carboxylic acids is 1. The molecule has 1 aliphatic rings. The number of rotatable bonds is 4. The van der Waals surface area contributed by atoms with E-state index in [0.29, 0.717) is 28.3 Å². The van der Waals surface area contributed by atoms with Crippen molar-refractivity contribution < 1.29 is 18.7 Å². The van der Waals surface area contributed by atoms with Gasteiger partial charge in [0.15, 0.2) is 5.70 Å². The first-order chi connectivity index (χ1) is 14.0. The summed E-state index contributed by atoms with van der Waals surface area (Å²) in [6.45, 7) is 1.75. The molecule has 4 rings (SSSR count). The van der Waals surface area contributed by atoms with Crippen molar-refractivity contribution in [2.24, 2.45) is 4.99 Å². The molecule has 0 bridgehead atoms. The molecule has 0 atom stereocenters. The Labute approximate surface area is 170 Å². The lowest BCUT2D eigenvalue weighted by molar-refractivity contribution is -0.129. The third-order valence-corrected chi connectivity index (χ3v) is 4.72. The second-order valence-corrected chi connectivity index (χ2v) is 6.57. The summed E-state index contributed by atoms with van der Waals surface area (Å²) >= 11 is 6.47. The maximum atomic E-state index is 13.2. The molecule has 0 saturated carbocycles. The number of ether oxygens (including phenoxy) is 2. The molecule has 0 amide bonds. The van der Waals surface area contributed by atoms with Gasteiger partial charge in [0, 0.05) is 5.56 Å². The number of aliphatic imine (C=N–C) groups is 1. The zero-order valence-electron chi connectivity index (χ0n) is 15.5. The standard InChI is InChI=1S/C21H15ClFN3O3/c1-12-16(19(22)26(25-12)14-9-7-13(23)8-10-14)11-17-21(27)29-20(24-17)15-5-3-4-6-18(15)28-2/h3-11H,1-2H3/b17-11+. The molecule has 3 aromatic rings. The summed E-state index contributed by atoms with van der Waals surface area (Å²) in [5, 5.41) is 4.65. The zero-order chi connectivity index (χ0) is 20.5. The van der Waals surface area contributed by atoms with Crippen molar-refractivity contribution >= 4 is 29.5 Å². The Balaban J connectivity index is 1.74. The van der Waals surface area contributed by atoms with E-state index in [-0.39, 0.29) is 22.6 Å². The van der Waals surface area contributed by atoms with Gasteiger partial charge in [0.1, 0.15) is 16.7 Å². The Morgan fingerprint density at radius 2 is 1.90 bits per heavy atom. The second-order valence-electron chi connectivity index (χ2n) is 6.21. The predicted molar refractivity (Wildman–Crippen MR) is 107 cm³/mol. The molecule has 0 unspecified atom stereocenters. The third kappa shape index (κ3) is 3.52. The van der Waals surface area contributed by atoms with Crippen LogP contribution in [0.15, 0.2) is 59.2 Å². The minimum atomic E-state index is -0.601. The number of cyclic esters (lactones) is 1. The Hall–Kier alpha value is -3.45. The van der Waals surface area contributed by atoms with Crippen LogP contribution in [0.3, 0.4) is 0 Å². The number of carbonyl (C=O) groups is 1. The number of aryl methyl sites for hydroxylation is 1. The molecule has 8 heteroatoms. The van der Waals surface area contributed by atoms with Crippen LogP contribution in [-0.4, -0.2) is 28.8 Å². The monoisotopic (exact) mass is 411 g/mol. The van der Waals surface area contributed by atoms with E-state index in [1.165, 1.54) is 30.0 Å². The topological polar surface area (TPSA) is 65.7 Å². The van der Waals surface area contributed by atoms with Crippen LogP contribution >= 0.6 is 11.6 Å². The quantitative estimate of drug-likeness (QED) is 0.473. The van der Waals surface area contributed by atoms with Gasteiger partial charge in [-0.25, -0.2) is 18.9 Å². The van der Waals surface area contributed by atoms with E-state index in [4.69, 9.17) is 21.1 Å². The van der Waals surface area contributed by atoms with Crippen LogP contribution in [0.25, 0.3) is 11.8 Å². The van der Waals surface area contributed by atoms with Gasteiger partial charge in [-0.2, -0.15) is 5.10 Å². The zero-order valence-corrected chi connectivity index (χ0v) is 16.3.